The number of carbonyl (C=O) groups excluding carboxylic acids is 1. The van der Waals surface area contributed by atoms with Gasteiger partial charge >= 0.3 is 0 Å². The van der Waals surface area contributed by atoms with Gasteiger partial charge in [-0.2, -0.15) is 0 Å². The maximum Gasteiger partial charge on any atom is 0.259 e. The van der Waals surface area contributed by atoms with Gasteiger partial charge in [0.25, 0.3) is 5.91 Å². The largest absolute Gasteiger partial charge is 0.497 e. The second kappa shape index (κ2) is 8.19. The van der Waals surface area contributed by atoms with Gasteiger partial charge in [0.15, 0.2) is 0 Å². The van der Waals surface area contributed by atoms with Gasteiger partial charge in [-0.05, 0) is 36.4 Å². The molecule has 0 saturated heterocycles. The molecule has 0 atom stereocenters. The summed E-state index contributed by atoms with van der Waals surface area (Å²) in [5.74, 6) is 0.883. The van der Waals surface area contributed by atoms with E-state index in [9.17, 15) is 4.79 Å². The van der Waals surface area contributed by atoms with Gasteiger partial charge in [0.1, 0.15) is 11.5 Å². The van der Waals surface area contributed by atoms with E-state index in [4.69, 9.17) is 9.47 Å². The molecule has 2 rings (SSSR count). The number of para-hydroxylation sites is 1. The van der Waals surface area contributed by atoms with Crippen LogP contribution >= 0.6 is 0 Å². The predicted molar refractivity (Wildman–Crippen MR) is 91.3 cm³/mol. The van der Waals surface area contributed by atoms with Crippen molar-refractivity contribution in [3.05, 3.63) is 53.6 Å². The summed E-state index contributed by atoms with van der Waals surface area (Å²) < 4.78 is 10.5. The van der Waals surface area contributed by atoms with Crippen molar-refractivity contribution in [2.45, 2.75) is 13.5 Å². The highest BCUT2D eigenvalue weighted by Gasteiger charge is 2.15. The van der Waals surface area contributed by atoms with Crippen LogP contribution in [-0.2, 0) is 6.54 Å². The van der Waals surface area contributed by atoms with Gasteiger partial charge in [-0.15, -0.1) is 0 Å². The van der Waals surface area contributed by atoms with Gasteiger partial charge < -0.3 is 20.1 Å². The van der Waals surface area contributed by atoms with Gasteiger partial charge in [-0.3, -0.25) is 4.79 Å². The maximum atomic E-state index is 12.6. The summed E-state index contributed by atoms with van der Waals surface area (Å²) in [6.45, 7) is 3.61. The van der Waals surface area contributed by atoms with Crippen molar-refractivity contribution in [3.8, 4) is 11.5 Å². The molecule has 0 fully saturated rings. The van der Waals surface area contributed by atoms with E-state index in [0.29, 0.717) is 23.6 Å². The van der Waals surface area contributed by atoms with E-state index >= 15 is 0 Å². The van der Waals surface area contributed by atoms with Gasteiger partial charge in [-0.25, -0.2) is 0 Å². The molecule has 0 aliphatic carbocycles. The third-order valence-corrected chi connectivity index (χ3v) is 3.48. The third kappa shape index (κ3) is 4.23. The van der Waals surface area contributed by atoms with Crippen LogP contribution in [0.3, 0.4) is 0 Å². The number of amides is 1. The topological polar surface area (TPSA) is 59.6 Å². The summed E-state index contributed by atoms with van der Waals surface area (Å²) >= 11 is 0. The lowest BCUT2D eigenvalue weighted by Crippen LogP contribution is -2.17. The molecule has 5 heteroatoms. The molecule has 0 aliphatic rings. The third-order valence-electron chi connectivity index (χ3n) is 3.48. The van der Waals surface area contributed by atoms with E-state index in [0.717, 1.165) is 17.8 Å². The minimum atomic E-state index is -0.232. The SMILES string of the molecule is CCNCc1ccccc1NC(=O)c1cc(OC)ccc1OC. The summed E-state index contributed by atoms with van der Waals surface area (Å²) in [7, 11) is 3.10. The van der Waals surface area contributed by atoms with Gasteiger partial charge in [0.2, 0.25) is 0 Å². The lowest BCUT2D eigenvalue weighted by atomic mass is 10.1. The zero-order valence-corrected chi connectivity index (χ0v) is 13.7. The Balaban J connectivity index is 2.25. The average molecular weight is 314 g/mol. The Labute approximate surface area is 136 Å². The van der Waals surface area contributed by atoms with Crippen LogP contribution in [0.1, 0.15) is 22.8 Å². The maximum absolute atomic E-state index is 12.6. The molecule has 0 saturated carbocycles. The molecule has 122 valence electrons. The van der Waals surface area contributed by atoms with Crippen molar-refractivity contribution >= 4 is 11.6 Å². The molecule has 2 aromatic carbocycles. The lowest BCUT2D eigenvalue weighted by Gasteiger charge is -2.13. The first-order valence-corrected chi connectivity index (χ1v) is 7.51. The Kier molecular flexibility index (Phi) is 6.00. The first-order valence-electron chi connectivity index (χ1n) is 7.51. The highest BCUT2D eigenvalue weighted by atomic mass is 16.5. The minimum absolute atomic E-state index is 0.232. The number of hydrogen-bond acceptors (Lipinski definition) is 4. The van der Waals surface area contributed by atoms with Crippen molar-refractivity contribution in [1.29, 1.82) is 0 Å². The summed E-state index contributed by atoms with van der Waals surface area (Å²) in [4.78, 5) is 12.6. The molecule has 0 spiro atoms. The molecular formula is C18H22N2O3. The molecule has 0 bridgehead atoms. The number of carbonyl (C=O) groups is 1. The Morgan fingerprint density at radius 3 is 2.57 bits per heavy atom. The molecule has 0 radical (unpaired) electrons. The first kappa shape index (κ1) is 16.8. The fourth-order valence-corrected chi connectivity index (χ4v) is 2.24. The van der Waals surface area contributed by atoms with Crippen LogP contribution < -0.4 is 20.1 Å². The van der Waals surface area contributed by atoms with Gasteiger partial charge in [0, 0.05) is 12.2 Å². The zero-order valence-electron chi connectivity index (χ0n) is 13.7. The Bertz CT molecular complexity index is 671. The summed E-state index contributed by atoms with van der Waals surface area (Å²) in [6, 6.07) is 12.9. The van der Waals surface area contributed by atoms with Crippen LogP contribution in [0.5, 0.6) is 11.5 Å². The van der Waals surface area contributed by atoms with Crippen molar-refractivity contribution in [3.63, 3.8) is 0 Å². The zero-order chi connectivity index (χ0) is 16.7. The summed E-state index contributed by atoms with van der Waals surface area (Å²) in [5, 5.41) is 6.21. The van der Waals surface area contributed by atoms with Crippen LogP contribution in [0.15, 0.2) is 42.5 Å². The summed E-state index contributed by atoms with van der Waals surface area (Å²) in [6.07, 6.45) is 0. The Hall–Kier alpha value is -2.53. The molecule has 23 heavy (non-hydrogen) atoms. The van der Waals surface area contributed by atoms with E-state index in [1.165, 1.54) is 7.11 Å². The lowest BCUT2D eigenvalue weighted by molar-refractivity contribution is 0.102. The predicted octanol–water partition coefficient (Wildman–Crippen LogP) is 3.07. The quantitative estimate of drug-likeness (QED) is 0.824. The number of nitrogens with one attached hydrogen (secondary N) is 2. The molecule has 2 N–H and O–H groups in total. The van der Waals surface area contributed by atoms with E-state index in [2.05, 4.69) is 10.6 Å². The Morgan fingerprint density at radius 2 is 1.87 bits per heavy atom. The van der Waals surface area contributed by atoms with E-state index < -0.39 is 0 Å². The molecular weight excluding hydrogens is 292 g/mol. The van der Waals surface area contributed by atoms with E-state index in [1.54, 1.807) is 25.3 Å². The second-order valence-corrected chi connectivity index (χ2v) is 4.96. The standard InChI is InChI=1S/C18H22N2O3/c1-4-19-12-13-7-5-6-8-16(13)20-18(21)15-11-14(22-2)9-10-17(15)23-3/h5-11,19H,4,12H2,1-3H3,(H,20,21). The molecule has 5 nitrogen and oxygen atoms in total. The molecule has 1 amide bonds. The smallest absolute Gasteiger partial charge is 0.259 e. The monoisotopic (exact) mass is 314 g/mol. The fraction of sp³-hybridized carbons (Fsp3) is 0.278. The number of rotatable bonds is 7. The van der Waals surface area contributed by atoms with Crippen molar-refractivity contribution in [2.24, 2.45) is 0 Å². The molecule has 0 heterocycles. The van der Waals surface area contributed by atoms with Crippen LogP contribution in [-0.4, -0.2) is 26.7 Å². The van der Waals surface area contributed by atoms with Crippen LogP contribution in [0.4, 0.5) is 5.69 Å². The van der Waals surface area contributed by atoms with Crippen molar-refractivity contribution in [1.82, 2.24) is 5.32 Å². The van der Waals surface area contributed by atoms with Gasteiger partial charge in [-0.1, -0.05) is 25.1 Å². The molecule has 2 aromatic rings. The van der Waals surface area contributed by atoms with Crippen molar-refractivity contribution in [2.75, 3.05) is 26.1 Å². The van der Waals surface area contributed by atoms with E-state index in [1.807, 2.05) is 31.2 Å². The average Bonchev–Trinajstić information content (AvgIpc) is 2.60. The number of benzene rings is 2. The van der Waals surface area contributed by atoms with Crippen LogP contribution in [0.25, 0.3) is 0 Å². The number of ether oxygens (including phenoxy) is 2. The normalized spacial score (nSPS) is 10.2. The minimum Gasteiger partial charge on any atom is -0.497 e. The summed E-state index contributed by atoms with van der Waals surface area (Å²) in [5.41, 5.74) is 2.25. The van der Waals surface area contributed by atoms with Crippen molar-refractivity contribution < 1.29 is 14.3 Å². The fourth-order valence-electron chi connectivity index (χ4n) is 2.24. The van der Waals surface area contributed by atoms with E-state index in [-0.39, 0.29) is 5.91 Å². The number of methoxy groups -OCH3 is 2. The van der Waals surface area contributed by atoms with Crippen LogP contribution in [0.2, 0.25) is 0 Å². The second-order valence-electron chi connectivity index (χ2n) is 4.96. The highest BCUT2D eigenvalue weighted by Crippen LogP contribution is 2.25. The van der Waals surface area contributed by atoms with Gasteiger partial charge in [0.05, 0.1) is 19.8 Å². The first-order chi connectivity index (χ1) is 11.2. The molecule has 0 aromatic heterocycles. The number of anilines is 1. The Morgan fingerprint density at radius 1 is 1.09 bits per heavy atom. The number of hydrogen-bond donors (Lipinski definition) is 2. The highest BCUT2D eigenvalue weighted by molar-refractivity contribution is 6.06. The molecule has 0 unspecified atom stereocenters. The molecule has 0 aliphatic heterocycles. The van der Waals surface area contributed by atoms with Crippen LogP contribution in [0, 0.1) is 0 Å².